The number of hydrogen-bond acceptors (Lipinski definition) is 6. The number of fused-ring (bicyclic) bond motifs is 1. The van der Waals surface area contributed by atoms with Crippen LogP contribution in [0.5, 0.6) is 0 Å². The van der Waals surface area contributed by atoms with Gasteiger partial charge in [-0.3, -0.25) is 9.59 Å². The molecule has 0 spiro atoms. The summed E-state index contributed by atoms with van der Waals surface area (Å²) >= 11 is 0. The highest BCUT2D eigenvalue weighted by molar-refractivity contribution is 6.00. The number of nitrogens with two attached hydrogens (primary N) is 2. The second-order valence-electron chi connectivity index (χ2n) is 9.56. The lowest BCUT2D eigenvalue weighted by molar-refractivity contribution is 0.0945. The van der Waals surface area contributed by atoms with Crippen LogP contribution in [0.1, 0.15) is 52.1 Å². The number of primary amides is 1. The van der Waals surface area contributed by atoms with Crippen molar-refractivity contribution in [2.75, 3.05) is 10.6 Å². The van der Waals surface area contributed by atoms with Gasteiger partial charge >= 0.3 is 0 Å². The summed E-state index contributed by atoms with van der Waals surface area (Å²) in [6.45, 7) is 0.413. The van der Waals surface area contributed by atoms with Crippen LogP contribution in [0.25, 0.3) is 10.9 Å². The summed E-state index contributed by atoms with van der Waals surface area (Å²) in [6.07, 6.45) is 3.71. The summed E-state index contributed by atoms with van der Waals surface area (Å²) in [5.41, 5.74) is 14.4. The van der Waals surface area contributed by atoms with E-state index in [9.17, 15) is 14.0 Å². The molecule has 0 bridgehead atoms. The van der Waals surface area contributed by atoms with E-state index in [1.165, 1.54) is 0 Å². The number of rotatable bonds is 8. The van der Waals surface area contributed by atoms with Crippen molar-refractivity contribution in [1.82, 2.24) is 15.3 Å². The van der Waals surface area contributed by atoms with Gasteiger partial charge in [-0.2, -0.15) is 0 Å². The molecule has 2 heterocycles. The van der Waals surface area contributed by atoms with Crippen molar-refractivity contribution in [1.29, 1.82) is 0 Å². The maximum Gasteiger partial charge on any atom is 0.267 e. The number of carbonyl (C=O) groups excluding carboxylic acids is 2. The molecule has 1 aliphatic rings. The Morgan fingerprint density at radius 3 is 2.58 bits per heavy atom. The molecule has 2 unspecified atom stereocenters. The first kappa shape index (κ1) is 25.2. The second-order valence-corrected chi connectivity index (χ2v) is 9.56. The number of aromatic nitrogens is 2. The van der Waals surface area contributed by atoms with Crippen molar-refractivity contribution in [3.05, 3.63) is 83.3 Å². The first-order chi connectivity index (χ1) is 18.4. The number of hydrogen-bond donors (Lipinski definition) is 6. The van der Waals surface area contributed by atoms with E-state index in [1.54, 1.807) is 24.3 Å². The molecule has 8 N–H and O–H groups in total. The van der Waals surface area contributed by atoms with E-state index in [1.807, 2.05) is 30.3 Å². The van der Waals surface area contributed by atoms with Gasteiger partial charge < -0.3 is 32.4 Å². The number of H-pyrrole nitrogens is 1. The van der Waals surface area contributed by atoms with Gasteiger partial charge in [0.25, 0.3) is 11.8 Å². The van der Waals surface area contributed by atoms with E-state index in [0.717, 1.165) is 48.2 Å². The molecule has 10 heteroatoms. The minimum Gasteiger partial charge on any atom is -0.365 e. The van der Waals surface area contributed by atoms with Crippen LogP contribution in [-0.4, -0.2) is 33.9 Å². The molecule has 2 atom stereocenters. The molecule has 2 aromatic carbocycles. The molecule has 1 saturated carbocycles. The molecule has 4 aromatic rings. The number of benzene rings is 2. The molecule has 9 nitrogen and oxygen atoms in total. The molecule has 1 fully saturated rings. The molecule has 1 aliphatic carbocycles. The van der Waals surface area contributed by atoms with Gasteiger partial charge in [0, 0.05) is 35.2 Å². The number of aromatic amines is 1. The summed E-state index contributed by atoms with van der Waals surface area (Å²) in [4.78, 5) is 32.2. The van der Waals surface area contributed by atoms with E-state index in [-0.39, 0.29) is 35.2 Å². The van der Waals surface area contributed by atoms with E-state index in [2.05, 4.69) is 25.9 Å². The molecule has 2 aromatic heterocycles. The fraction of sp³-hybridized carbons (Fsp3) is 0.250. The van der Waals surface area contributed by atoms with Gasteiger partial charge in [-0.15, -0.1) is 0 Å². The normalized spacial score (nSPS) is 17.2. The SMILES string of the molecule is NC(=O)c1cc(F)c(NC2CCCCC2N)nc1Nc1ccc2[nH]c(C(=O)NCc3ccccc3)cc2c1. The summed E-state index contributed by atoms with van der Waals surface area (Å²) in [5, 5.41) is 9.86. The minimum atomic E-state index is -0.806. The smallest absolute Gasteiger partial charge is 0.267 e. The zero-order chi connectivity index (χ0) is 26.6. The van der Waals surface area contributed by atoms with E-state index >= 15 is 0 Å². The number of nitrogens with one attached hydrogen (secondary N) is 4. The highest BCUT2D eigenvalue weighted by Crippen LogP contribution is 2.28. The summed E-state index contributed by atoms with van der Waals surface area (Å²) in [7, 11) is 0. The largest absolute Gasteiger partial charge is 0.365 e. The Labute approximate surface area is 219 Å². The van der Waals surface area contributed by atoms with Gasteiger partial charge in [0.1, 0.15) is 11.5 Å². The average molecular weight is 516 g/mol. The number of pyridine rings is 1. The molecular weight excluding hydrogens is 485 g/mol. The second kappa shape index (κ2) is 10.9. The van der Waals surface area contributed by atoms with Crippen LogP contribution in [0.2, 0.25) is 0 Å². The molecule has 5 rings (SSSR count). The van der Waals surface area contributed by atoms with Crippen molar-refractivity contribution in [2.24, 2.45) is 11.5 Å². The van der Waals surface area contributed by atoms with E-state index < -0.39 is 11.7 Å². The third-order valence-corrected chi connectivity index (χ3v) is 6.81. The van der Waals surface area contributed by atoms with Gasteiger partial charge in [0.05, 0.1) is 5.56 Å². The van der Waals surface area contributed by atoms with Crippen LogP contribution in [0.4, 0.5) is 21.7 Å². The topological polar surface area (TPSA) is 151 Å². The number of halogens is 1. The van der Waals surface area contributed by atoms with Gasteiger partial charge in [-0.1, -0.05) is 43.2 Å². The van der Waals surface area contributed by atoms with Crippen molar-refractivity contribution >= 4 is 40.0 Å². The van der Waals surface area contributed by atoms with Crippen molar-refractivity contribution in [2.45, 2.75) is 44.3 Å². The van der Waals surface area contributed by atoms with Gasteiger partial charge in [0.15, 0.2) is 11.6 Å². The maximum absolute atomic E-state index is 14.8. The minimum absolute atomic E-state index is 0.0138. The predicted molar refractivity (Wildman–Crippen MR) is 146 cm³/mol. The van der Waals surface area contributed by atoms with Crippen LogP contribution in [0.3, 0.4) is 0 Å². The van der Waals surface area contributed by atoms with Crippen LogP contribution in [-0.2, 0) is 6.54 Å². The average Bonchev–Trinajstić information content (AvgIpc) is 3.34. The predicted octanol–water partition coefficient (Wildman–Crippen LogP) is 4.16. The van der Waals surface area contributed by atoms with Crippen LogP contribution < -0.4 is 27.4 Å². The molecular formula is C28H30FN7O2. The first-order valence-corrected chi connectivity index (χ1v) is 12.6. The highest BCUT2D eigenvalue weighted by Gasteiger charge is 2.24. The molecule has 0 radical (unpaired) electrons. The molecule has 0 aliphatic heterocycles. The zero-order valence-corrected chi connectivity index (χ0v) is 20.8. The van der Waals surface area contributed by atoms with Crippen LogP contribution in [0, 0.1) is 5.82 Å². The number of nitrogens with zero attached hydrogens (tertiary/aromatic N) is 1. The number of amides is 2. The van der Waals surface area contributed by atoms with Crippen molar-refractivity contribution in [3.63, 3.8) is 0 Å². The Balaban J connectivity index is 1.36. The van der Waals surface area contributed by atoms with Crippen LogP contribution in [0.15, 0.2) is 60.7 Å². The summed E-state index contributed by atoms with van der Waals surface area (Å²) in [5.74, 6) is -1.57. The maximum atomic E-state index is 14.8. The van der Waals surface area contributed by atoms with E-state index in [4.69, 9.17) is 11.5 Å². The summed E-state index contributed by atoms with van der Waals surface area (Å²) < 4.78 is 14.8. The van der Waals surface area contributed by atoms with Gasteiger partial charge in [0.2, 0.25) is 0 Å². The third kappa shape index (κ3) is 5.60. The Kier molecular flexibility index (Phi) is 7.23. The fourth-order valence-electron chi connectivity index (χ4n) is 4.73. The Hall–Kier alpha value is -4.44. The zero-order valence-electron chi connectivity index (χ0n) is 20.8. The number of anilines is 3. The highest BCUT2D eigenvalue weighted by atomic mass is 19.1. The molecule has 0 saturated heterocycles. The van der Waals surface area contributed by atoms with E-state index in [0.29, 0.717) is 17.9 Å². The monoisotopic (exact) mass is 515 g/mol. The first-order valence-electron chi connectivity index (χ1n) is 12.6. The molecule has 38 heavy (non-hydrogen) atoms. The standard InChI is InChI=1S/C28H30FN7O2/c29-20-14-19(25(31)37)26(36-27(20)35-23-9-5-4-8-21(23)30)33-18-10-11-22-17(12-18)13-24(34-22)28(38)32-15-16-6-2-1-3-7-16/h1-3,6-7,10-14,21,23,34H,4-5,8-9,15,30H2,(H2,31,37)(H,32,38)(H2,33,35,36). The molecule has 2 amide bonds. The molecule has 196 valence electrons. The van der Waals surface area contributed by atoms with Crippen LogP contribution >= 0.6 is 0 Å². The quantitative estimate of drug-likeness (QED) is 0.207. The third-order valence-electron chi connectivity index (χ3n) is 6.81. The Bertz CT molecular complexity index is 1470. The van der Waals surface area contributed by atoms with Gasteiger partial charge in [-0.05, 0) is 48.7 Å². The van der Waals surface area contributed by atoms with Crippen molar-refractivity contribution in [3.8, 4) is 0 Å². The lowest BCUT2D eigenvalue weighted by Crippen LogP contribution is -2.43. The van der Waals surface area contributed by atoms with Crippen molar-refractivity contribution < 1.29 is 14.0 Å². The fourth-order valence-corrected chi connectivity index (χ4v) is 4.73. The number of carbonyl (C=O) groups is 2. The summed E-state index contributed by atoms with van der Waals surface area (Å²) in [6, 6.07) is 17.6. The lowest BCUT2D eigenvalue weighted by Gasteiger charge is -2.30. The van der Waals surface area contributed by atoms with Gasteiger partial charge in [-0.25, -0.2) is 9.37 Å². The Morgan fingerprint density at radius 2 is 1.82 bits per heavy atom. The lowest BCUT2D eigenvalue weighted by atomic mass is 9.91. The Morgan fingerprint density at radius 1 is 1.03 bits per heavy atom.